The molecule has 0 atom stereocenters. The summed E-state index contributed by atoms with van der Waals surface area (Å²) in [5, 5.41) is 18.3. The normalized spacial score (nSPS) is 10.4. The summed E-state index contributed by atoms with van der Waals surface area (Å²) in [7, 11) is -1.49. The first-order valence-electron chi connectivity index (χ1n) is 6.32. The predicted octanol–water partition coefficient (Wildman–Crippen LogP) is 1.70. The first kappa shape index (κ1) is 14.6. The molecule has 0 aromatic heterocycles. The Morgan fingerprint density at radius 2 is 1.80 bits per heavy atom. The molecule has 0 radical (unpaired) electrons. The van der Waals surface area contributed by atoms with Gasteiger partial charge in [0, 0.05) is 0 Å². The largest absolute Gasteiger partial charge is 0.489 e. The topological polar surface area (TPSA) is 49.7 Å². The molecule has 2 aromatic carbocycles. The zero-order valence-corrected chi connectivity index (χ0v) is 11.4. The van der Waals surface area contributed by atoms with Gasteiger partial charge in [0.2, 0.25) is 0 Å². The lowest BCUT2D eigenvalue weighted by atomic mass is 9.77. The van der Waals surface area contributed by atoms with Gasteiger partial charge in [0.05, 0.1) is 0 Å². The van der Waals surface area contributed by atoms with Crippen molar-refractivity contribution in [3.05, 3.63) is 58.9 Å². The molecule has 0 heterocycles. The lowest BCUT2D eigenvalue weighted by Crippen LogP contribution is -2.31. The van der Waals surface area contributed by atoms with E-state index in [-0.39, 0.29) is 12.4 Å². The predicted molar refractivity (Wildman–Crippen MR) is 76.5 cm³/mol. The van der Waals surface area contributed by atoms with E-state index in [1.165, 1.54) is 12.1 Å². The summed E-state index contributed by atoms with van der Waals surface area (Å²) in [4.78, 5) is 0. The van der Waals surface area contributed by atoms with E-state index in [1.54, 1.807) is 31.2 Å². The van der Waals surface area contributed by atoms with E-state index < -0.39 is 7.12 Å². The van der Waals surface area contributed by atoms with Crippen molar-refractivity contribution in [1.82, 2.24) is 0 Å². The fraction of sp³-hybridized carbons (Fsp3) is 0.200. The summed E-state index contributed by atoms with van der Waals surface area (Å²) in [5.74, 6) is 0.319. The van der Waals surface area contributed by atoms with Crippen LogP contribution in [0.3, 0.4) is 0 Å². The molecule has 20 heavy (non-hydrogen) atoms. The Morgan fingerprint density at radius 3 is 2.45 bits per heavy atom. The van der Waals surface area contributed by atoms with Gasteiger partial charge in [0.25, 0.3) is 0 Å². The van der Waals surface area contributed by atoms with Gasteiger partial charge in [0.15, 0.2) is 0 Å². The molecule has 0 saturated heterocycles. The summed E-state index contributed by atoms with van der Waals surface area (Å²) in [6, 6.07) is 9.58. The van der Waals surface area contributed by atoms with Crippen LogP contribution in [-0.2, 0) is 6.61 Å². The highest BCUT2D eigenvalue weighted by molar-refractivity contribution is 6.59. The van der Waals surface area contributed by atoms with Crippen molar-refractivity contribution < 1.29 is 19.2 Å². The lowest BCUT2D eigenvalue weighted by molar-refractivity contribution is 0.304. The molecule has 0 bridgehead atoms. The van der Waals surface area contributed by atoms with E-state index in [9.17, 15) is 4.39 Å². The Kier molecular flexibility index (Phi) is 4.42. The number of rotatable bonds is 4. The van der Waals surface area contributed by atoms with Gasteiger partial charge in [-0.3, -0.25) is 0 Å². The van der Waals surface area contributed by atoms with Crippen molar-refractivity contribution in [1.29, 1.82) is 0 Å². The van der Waals surface area contributed by atoms with Crippen molar-refractivity contribution in [3.8, 4) is 5.75 Å². The smallest absolute Gasteiger partial charge is 0.488 e. The van der Waals surface area contributed by atoms with E-state index in [1.807, 2.05) is 6.92 Å². The Balaban J connectivity index is 2.11. The molecular formula is C15H16BFO3. The molecule has 0 saturated carbocycles. The van der Waals surface area contributed by atoms with Crippen LogP contribution in [0, 0.1) is 19.7 Å². The van der Waals surface area contributed by atoms with E-state index in [4.69, 9.17) is 14.8 Å². The average Bonchev–Trinajstić information content (AvgIpc) is 2.39. The molecule has 0 aliphatic rings. The van der Waals surface area contributed by atoms with E-state index in [0.29, 0.717) is 11.2 Å². The van der Waals surface area contributed by atoms with Gasteiger partial charge in [-0.2, -0.15) is 0 Å². The van der Waals surface area contributed by atoms with Crippen molar-refractivity contribution in [2.75, 3.05) is 0 Å². The van der Waals surface area contributed by atoms with E-state index in [0.717, 1.165) is 16.7 Å². The van der Waals surface area contributed by atoms with Gasteiger partial charge in [-0.1, -0.05) is 12.1 Å². The number of ether oxygens (including phenoxy) is 1. The van der Waals surface area contributed by atoms with Crippen molar-refractivity contribution in [2.24, 2.45) is 0 Å². The van der Waals surface area contributed by atoms with Gasteiger partial charge in [-0.25, -0.2) is 4.39 Å². The lowest BCUT2D eigenvalue weighted by Gasteiger charge is -2.11. The van der Waals surface area contributed by atoms with E-state index in [2.05, 4.69) is 0 Å². The average molecular weight is 274 g/mol. The molecule has 0 aliphatic carbocycles. The number of aryl methyl sites for hydroxylation is 2. The van der Waals surface area contributed by atoms with Crippen LogP contribution in [-0.4, -0.2) is 17.2 Å². The first-order chi connectivity index (χ1) is 9.47. The Morgan fingerprint density at radius 1 is 1.05 bits per heavy atom. The Hall–Kier alpha value is -1.85. The molecule has 0 fully saturated rings. The van der Waals surface area contributed by atoms with Crippen LogP contribution in [0.25, 0.3) is 0 Å². The van der Waals surface area contributed by atoms with Gasteiger partial charge in [-0.05, 0) is 60.3 Å². The maximum Gasteiger partial charge on any atom is 0.488 e. The highest BCUT2D eigenvalue weighted by atomic mass is 19.1. The zero-order chi connectivity index (χ0) is 14.7. The fourth-order valence-electron chi connectivity index (χ4n) is 1.98. The maximum atomic E-state index is 13.2. The summed E-state index contributed by atoms with van der Waals surface area (Å²) >= 11 is 0. The first-order valence-corrected chi connectivity index (χ1v) is 6.32. The van der Waals surface area contributed by atoms with Crippen LogP contribution in [0.5, 0.6) is 5.75 Å². The summed E-state index contributed by atoms with van der Waals surface area (Å²) in [5.41, 5.74) is 2.92. The van der Waals surface area contributed by atoms with Crippen LogP contribution in [0.2, 0.25) is 0 Å². The molecule has 0 aliphatic heterocycles. The summed E-state index contributed by atoms with van der Waals surface area (Å²) in [6.07, 6.45) is 0. The molecule has 2 N–H and O–H groups in total. The Labute approximate surface area is 117 Å². The second kappa shape index (κ2) is 6.07. The van der Waals surface area contributed by atoms with E-state index >= 15 is 0 Å². The second-order valence-corrected chi connectivity index (χ2v) is 4.75. The van der Waals surface area contributed by atoms with Crippen molar-refractivity contribution in [3.63, 3.8) is 0 Å². The number of halogens is 1. The molecule has 0 amide bonds. The van der Waals surface area contributed by atoms with Gasteiger partial charge in [0.1, 0.15) is 18.2 Å². The molecule has 2 aromatic rings. The molecule has 0 unspecified atom stereocenters. The highest BCUT2D eigenvalue weighted by Gasteiger charge is 2.14. The maximum absolute atomic E-state index is 13.2. The van der Waals surface area contributed by atoms with Crippen molar-refractivity contribution >= 4 is 12.6 Å². The van der Waals surface area contributed by atoms with Gasteiger partial charge in [-0.15, -0.1) is 0 Å². The van der Waals surface area contributed by atoms with Gasteiger partial charge >= 0.3 is 7.12 Å². The van der Waals surface area contributed by atoms with Crippen LogP contribution >= 0.6 is 0 Å². The highest BCUT2D eigenvalue weighted by Crippen LogP contribution is 2.16. The molecule has 0 spiro atoms. The number of hydrogen-bond acceptors (Lipinski definition) is 3. The number of hydrogen-bond donors (Lipinski definition) is 2. The zero-order valence-electron chi connectivity index (χ0n) is 11.4. The minimum atomic E-state index is -1.49. The third-order valence-electron chi connectivity index (χ3n) is 3.22. The Bertz CT molecular complexity index is 614. The monoisotopic (exact) mass is 274 g/mol. The SMILES string of the molecule is Cc1ccc(F)cc1COc1ccc(B(O)O)c(C)c1. The molecule has 3 nitrogen and oxygen atoms in total. The standard InChI is InChI=1S/C15H16BFO3/c1-10-3-4-13(17)8-12(10)9-20-14-5-6-15(16(18)19)11(2)7-14/h3-8,18-19H,9H2,1-2H3. The minimum Gasteiger partial charge on any atom is -0.489 e. The number of benzene rings is 2. The van der Waals surface area contributed by atoms with Crippen LogP contribution < -0.4 is 10.2 Å². The molecule has 104 valence electrons. The van der Waals surface area contributed by atoms with Crippen LogP contribution in [0.4, 0.5) is 4.39 Å². The second-order valence-electron chi connectivity index (χ2n) is 4.75. The quantitative estimate of drug-likeness (QED) is 0.834. The van der Waals surface area contributed by atoms with Gasteiger partial charge < -0.3 is 14.8 Å². The summed E-state index contributed by atoms with van der Waals surface area (Å²) < 4.78 is 18.8. The minimum absolute atomic E-state index is 0.268. The molecular weight excluding hydrogens is 258 g/mol. The summed E-state index contributed by atoms with van der Waals surface area (Å²) in [6.45, 7) is 3.94. The molecule has 5 heteroatoms. The third kappa shape index (κ3) is 3.38. The van der Waals surface area contributed by atoms with Crippen molar-refractivity contribution in [2.45, 2.75) is 20.5 Å². The third-order valence-corrected chi connectivity index (χ3v) is 3.22. The van der Waals surface area contributed by atoms with Crippen LogP contribution in [0.15, 0.2) is 36.4 Å². The molecule has 2 rings (SSSR count). The van der Waals surface area contributed by atoms with Crippen LogP contribution in [0.1, 0.15) is 16.7 Å². The fourth-order valence-corrected chi connectivity index (χ4v) is 1.98.